The Bertz CT molecular complexity index is 1300. The summed E-state index contributed by atoms with van der Waals surface area (Å²) in [5.41, 5.74) is -0.680. The lowest BCUT2D eigenvalue weighted by Crippen LogP contribution is -2.24. The SMILES string of the molecule is COc1cc(OC)c(NC(=O)c2cn(C3CC3)c3c(OC)c(F)c(F)cc3c2=O)cc1Cl. The molecule has 1 aromatic heterocycles. The molecule has 0 spiro atoms. The fourth-order valence-corrected chi connectivity index (χ4v) is 3.81. The molecule has 1 aliphatic rings. The van der Waals surface area contributed by atoms with Gasteiger partial charge in [0, 0.05) is 18.3 Å². The summed E-state index contributed by atoms with van der Waals surface area (Å²) in [5, 5.41) is 2.67. The summed E-state index contributed by atoms with van der Waals surface area (Å²) in [4.78, 5) is 26.2. The largest absolute Gasteiger partial charge is 0.495 e. The number of nitrogens with one attached hydrogen (secondary N) is 1. The van der Waals surface area contributed by atoms with Crippen molar-refractivity contribution in [3.05, 3.63) is 56.8 Å². The maximum atomic E-state index is 14.3. The molecular weight excluding hydrogens is 446 g/mol. The minimum Gasteiger partial charge on any atom is -0.495 e. The van der Waals surface area contributed by atoms with Gasteiger partial charge in [-0.3, -0.25) is 9.59 Å². The molecule has 0 unspecified atom stereocenters. The Hall–Kier alpha value is -3.33. The summed E-state index contributed by atoms with van der Waals surface area (Å²) in [7, 11) is 4.03. The molecule has 1 fully saturated rings. The number of carbonyl (C=O) groups excluding carboxylic acids is 1. The van der Waals surface area contributed by atoms with Gasteiger partial charge in [0.05, 0.1) is 42.9 Å². The second-order valence-electron chi connectivity index (χ2n) is 7.25. The number of carbonyl (C=O) groups is 1. The molecule has 1 aliphatic carbocycles. The highest BCUT2D eigenvalue weighted by atomic mass is 35.5. The van der Waals surface area contributed by atoms with E-state index in [2.05, 4.69) is 5.32 Å². The van der Waals surface area contributed by atoms with Crippen LogP contribution in [0.4, 0.5) is 14.5 Å². The van der Waals surface area contributed by atoms with Crippen LogP contribution in [0.2, 0.25) is 5.02 Å². The smallest absolute Gasteiger partial charge is 0.261 e. The van der Waals surface area contributed by atoms with Crippen LogP contribution in [0.1, 0.15) is 29.2 Å². The van der Waals surface area contributed by atoms with Crippen LogP contribution in [-0.2, 0) is 0 Å². The molecule has 168 valence electrons. The quantitative estimate of drug-likeness (QED) is 0.579. The predicted octanol–water partition coefficient (Wildman–Crippen LogP) is 4.55. The van der Waals surface area contributed by atoms with Gasteiger partial charge in [-0.2, -0.15) is 4.39 Å². The summed E-state index contributed by atoms with van der Waals surface area (Å²) in [6.45, 7) is 0. The maximum absolute atomic E-state index is 14.3. The first-order valence-corrected chi connectivity index (χ1v) is 10.0. The topological polar surface area (TPSA) is 78.8 Å². The summed E-state index contributed by atoms with van der Waals surface area (Å²) in [5.74, 6) is -2.96. The van der Waals surface area contributed by atoms with Crippen molar-refractivity contribution in [2.24, 2.45) is 0 Å². The molecule has 0 aliphatic heterocycles. The monoisotopic (exact) mass is 464 g/mol. The molecule has 1 heterocycles. The van der Waals surface area contributed by atoms with E-state index in [1.807, 2.05) is 0 Å². The highest BCUT2D eigenvalue weighted by Crippen LogP contribution is 2.41. The van der Waals surface area contributed by atoms with E-state index < -0.39 is 23.0 Å². The van der Waals surface area contributed by atoms with Crippen molar-refractivity contribution in [3.8, 4) is 17.2 Å². The lowest BCUT2D eigenvalue weighted by atomic mass is 10.1. The van der Waals surface area contributed by atoms with E-state index in [-0.39, 0.29) is 44.7 Å². The van der Waals surface area contributed by atoms with Crippen LogP contribution in [0.5, 0.6) is 17.2 Å². The first-order chi connectivity index (χ1) is 15.3. The molecule has 3 aromatic rings. The predicted molar refractivity (Wildman–Crippen MR) is 115 cm³/mol. The number of anilines is 1. The highest BCUT2D eigenvalue weighted by molar-refractivity contribution is 6.32. The number of rotatable bonds is 6. The van der Waals surface area contributed by atoms with Crippen LogP contribution < -0.4 is 25.0 Å². The minimum absolute atomic E-state index is 0.0617. The molecule has 7 nitrogen and oxygen atoms in total. The number of nitrogens with zero attached hydrogens (tertiary/aromatic N) is 1. The minimum atomic E-state index is -1.24. The van der Waals surface area contributed by atoms with Gasteiger partial charge in [0.1, 0.15) is 17.1 Å². The normalized spacial score (nSPS) is 13.2. The number of methoxy groups -OCH3 is 3. The van der Waals surface area contributed by atoms with Crippen LogP contribution in [0.25, 0.3) is 10.9 Å². The molecule has 1 N–H and O–H groups in total. The van der Waals surface area contributed by atoms with Crippen LogP contribution in [0.3, 0.4) is 0 Å². The number of ether oxygens (including phenoxy) is 3. The summed E-state index contributed by atoms with van der Waals surface area (Å²) < 4.78 is 45.5. The highest BCUT2D eigenvalue weighted by Gasteiger charge is 2.30. The van der Waals surface area contributed by atoms with Crippen LogP contribution in [0.15, 0.2) is 29.2 Å². The van der Waals surface area contributed by atoms with Crippen LogP contribution in [0, 0.1) is 11.6 Å². The van der Waals surface area contributed by atoms with Gasteiger partial charge in [-0.05, 0) is 25.0 Å². The number of amides is 1. The van der Waals surface area contributed by atoms with Crippen molar-refractivity contribution >= 4 is 34.1 Å². The molecule has 2 aromatic carbocycles. The van der Waals surface area contributed by atoms with Crippen molar-refractivity contribution in [2.75, 3.05) is 26.6 Å². The number of fused-ring (bicyclic) bond motifs is 1. The fourth-order valence-electron chi connectivity index (χ4n) is 3.57. The zero-order valence-corrected chi connectivity index (χ0v) is 18.2. The van der Waals surface area contributed by atoms with Gasteiger partial charge in [-0.25, -0.2) is 4.39 Å². The van der Waals surface area contributed by atoms with E-state index >= 15 is 0 Å². The first kappa shape index (κ1) is 21.9. The van der Waals surface area contributed by atoms with Gasteiger partial charge in [0.2, 0.25) is 11.2 Å². The van der Waals surface area contributed by atoms with E-state index in [9.17, 15) is 18.4 Å². The van der Waals surface area contributed by atoms with E-state index in [0.29, 0.717) is 5.75 Å². The fraction of sp³-hybridized carbons (Fsp3) is 0.273. The van der Waals surface area contributed by atoms with E-state index in [1.165, 1.54) is 39.7 Å². The molecular formula is C22H19ClF2N2O5. The first-order valence-electron chi connectivity index (χ1n) is 9.64. The molecule has 0 saturated heterocycles. The van der Waals surface area contributed by atoms with Gasteiger partial charge in [0.25, 0.3) is 5.91 Å². The summed E-state index contributed by atoms with van der Waals surface area (Å²) in [6.07, 6.45) is 2.88. The Kier molecular flexibility index (Phi) is 5.68. The van der Waals surface area contributed by atoms with Crippen LogP contribution in [-0.4, -0.2) is 31.8 Å². The van der Waals surface area contributed by atoms with E-state index in [1.54, 1.807) is 4.57 Å². The van der Waals surface area contributed by atoms with Crippen molar-refractivity contribution in [1.29, 1.82) is 0 Å². The van der Waals surface area contributed by atoms with Gasteiger partial charge in [-0.15, -0.1) is 0 Å². The third-order valence-corrected chi connectivity index (χ3v) is 5.57. The number of halogens is 3. The Morgan fingerprint density at radius 2 is 1.78 bits per heavy atom. The molecule has 4 rings (SSSR count). The number of aromatic nitrogens is 1. The van der Waals surface area contributed by atoms with E-state index in [4.69, 9.17) is 25.8 Å². The molecule has 0 atom stereocenters. The van der Waals surface area contributed by atoms with Crippen molar-refractivity contribution < 1.29 is 27.8 Å². The lowest BCUT2D eigenvalue weighted by molar-refractivity contribution is 0.102. The molecule has 10 heteroatoms. The number of benzene rings is 2. The summed E-state index contributed by atoms with van der Waals surface area (Å²) >= 11 is 6.15. The average molecular weight is 465 g/mol. The molecule has 1 amide bonds. The number of pyridine rings is 1. The summed E-state index contributed by atoms with van der Waals surface area (Å²) in [6, 6.07) is 3.64. The zero-order valence-electron chi connectivity index (χ0n) is 17.4. The van der Waals surface area contributed by atoms with Crippen molar-refractivity contribution in [1.82, 2.24) is 4.57 Å². The Morgan fingerprint density at radius 3 is 2.38 bits per heavy atom. The number of hydrogen-bond donors (Lipinski definition) is 1. The second-order valence-corrected chi connectivity index (χ2v) is 7.66. The third kappa shape index (κ3) is 3.62. The van der Waals surface area contributed by atoms with Gasteiger partial charge >= 0.3 is 0 Å². The second kappa shape index (κ2) is 8.31. The average Bonchev–Trinajstić information content (AvgIpc) is 3.61. The van der Waals surface area contributed by atoms with Crippen LogP contribution >= 0.6 is 11.6 Å². The molecule has 1 saturated carbocycles. The third-order valence-electron chi connectivity index (χ3n) is 5.28. The molecule has 0 radical (unpaired) electrons. The van der Waals surface area contributed by atoms with Gasteiger partial charge in [-0.1, -0.05) is 11.6 Å². The van der Waals surface area contributed by atoms with Crippen molar-refractivity contribution in [2.45, 2.75) is 18.9 Å². The Labute approximate surface area is 186 Å². The number of hydrogen-bond acceptors (Lipinski definition) is 5. The van der Waals surface area contributed by atoms with Crippen molar-refractivity contribution in [3.63, 3.8) is 0 Å². The molecule has 32 heavy (non-hydrogen) atoms. The Balaban J connectivity index is 1.86. The Morgan fingerprint density at radius 1 is 1.09 bits per heavy atom. The standard InChI is InChI=1S/C22H19ClF2N2O5/c1-30-16-8-17(31-2)15(7-13(16)23)26-22(29)12-9-27(10-4-5-10)19-11(20(12)28)6-14(24)18(25)21(19)32-3/h6-10H,4-5H2,1-3H3,(H,26,29). The molecule has 0 bridgehead atoms. The van der Waals surface area contributed by atoms with Gasteiger partial charge in [0.15, 0.2) is 11.6 Å². The zero-order chi connectivity index (χ0) is 23.2. The van der Waals surface area contributed by atoms with E-state index in [0.717, 1.165) is 18.9 Å². The van der Waals surface area contributed by atoms with Gasteiger partial charge < -0.3 is 24.1 Å². The maximum Gasteiger partial charge on any atom is 0.261 e. The lowest BCUT2D eigenvalue weighted by Gasteiger charge is -2.17.